The zero-order valence-corrected chi connectivity index (χ0v) is 13.3. The van der Waals surface area contributed by atoms with Crippen LogP contribution in [-0.4, -0.2) is 31.4 Å². The fraction of sp³-hybridized carbons (Fsp3) is 0.278. The van der Waals surface area contributed by atoms with E-state index in [1.807, 2.05) is 18.2 Å². The van der Waals surface area contributed by atoms with E-state index in [1.54, 1.807) is 30.1 Å². The van der Waals surface area contributed by atoms with E-state index in [4.69, 9.17) is 9.84 Å². The topological polar surface area (TPSA) is 61.8 Å². The second-order valence-electron chi connectivity index (χ2n) is 5.75. The number of ether oxygens (including phenoxy) is 1. The van der Waals surface area contributed by atoms with E-state index in [1.165, 1.54) is 6.07 Å². The van der Waals surface area contributed by atoms with Crippen molar-refractivity contribution < 1.29 is 19.0 Å². The number of hydrogen-bond acceptors (Lipinski definition) is 3. The Morgan fingerprint density at radius 2 is 2.17 bits per heavy atom. The summed E-state index contributed by atoms with van der Waals surface area (Å²) in [6, 6.07) is 12.3. The van der Waals surface area contributed by atoms with Crippen LogP contribution in [0.3, 0.4) is 0 Å². The molecule has 6 heteroatoms. The van der Waals surface area contributed by atoms with E-state index >= 15 is 0 Å². The summed E-state index contributed by atoms with van der Waals surface area (Å²) in [5.74, 6) is 0.513. The minimum atomic E-state index is -1.03. The maximum Gasteiger partial charge on any atom is 0.404 e. The molecule has 1 heterocycles. The van der Waals surface area contributed by atoms with Gasteiger partial charge in [0.05, 0.1) is 12.3 Å². The molecule has 1 aliphatic heterocycles. The van der Waals surface area contributed by atoms with Crippen molar-refractivity contribution >= 4 is 17.5 Å². The number of rotatable bonds is 4. The number of fused-ring (bicyclic) bond motifs is 1. The Labute approximate surface area is 139 Å². The third-order valence-corrected chi connectivity index (χ3v) is 4.26. The van der Waals surface area contributed by atoms with Crippen molar-refractivity contribution in [2.45, 2.75) is 12.3 Å². The first-order valence-electron chi connectivity index (χ1n) is 7.78. The van der Waals surface area contributed by atoms with Crippen molar-refractivity contribution in [3.8, 4) is 5.75 Å². The van der Waals surface area contributed by atoms with Crippen LogP contribution in [0.4, 0.5) is 20.6 Å². The molecule has 1 atom stereocenters. The number of halogens is 1. The second-order valence-corrected chi connectivity index (χ2v) is 5.75. The highest BCUT2D eigenvalue weighted by molar-refractivity contribution is 5.66. The Kier molecular flexibility index (Phi) is 4.55. The summed E-state index contributed by atoms with van der Waals surface area (Å²) in [6.45, 7) is 0.889. The molecule has 0 saturated carbocycles. The molecule has 1 amide bonds. The SMILES string of the molecule is CN(c1ccc2c(c1)OCC[C@H]2CNC(=O)O)c1ccccc1F. The molecule has 0 saturated heterocycles. The number of carboxylic acid groups (broad SMARTS) is 1. The minimum Gasteiger partial charge on any atom is -0.493 e. The molecule has 0 unspecified atom stereocenters. The molecule has 2 aromatic rings. The van der Waals surface area contributed by atoms with Gasteiger partial charge in [-0.25, -0.2) is 9.18 Å². The molecular weight excluding hydrogens is 311 g/mol. The van der Waals surface area contributed by atoms with Crippen molar-refractivity contribution in [1.29, 1.82) is 0 Å². The monoisotopic (exact) mass is 330 g/mol. The Morgan fingerprint density at radius 3 is 2.92 bits per heavy atom. The fourth-order valence-corrected chi connectivity index (χ4v) is 2.95. The molecule has 1 aliphatic rings. The van der Waals surface area contributed by atoms with Gasteiger partial charge in [0.15, 0.2) is 0 Å². The maximum absolute atomic E-state index is 14.0. The number of para-hydroxylation sites is 1. The Bertz CT molecular complexity index is 751. The van der Waals surface area contributed by atoms with E-state index in [9.17, 15) is 9.18 Å². The molecular formula is C18H19FN2O3. The lowest BCUT2D eigenvalue weighted by molar-refractivity contribution is 0.191. The second kappa shape index (κ2) is 6.78. The fourth-order valence-electron chi connectivity index (χ4n) is 2.95. The van der Waals surface area contributed by atoms with Crippen LogP contribution in [-0.2, 0) is 0 Å². The van der Waals surface area contributed by atoms with Gasteiger partial charge in [0.2, 0.25) is 0 Å². The van der Waals surface area contributed by atoms with E-state index in [-0.39, 0.29) is 11.7 Å². The highest BCUT2D eigenvalue weighted by atomic mass is 19.1. The van der Waals surface area contributed by atoms with Gasteiger partial charge in [0.1, 0.15) is 11.6 Å². The molecule has 2 N–H and O–H groups in total. The van der Waals surface area contributed by atoms with E-state index in [0.29, 0.717) is 18.8 Å². The van der Waals surface area contributed by atoms with Gasteiger partial charge in [-0.15, -0.1) is 0 Å². The van der Waals surface area contributed by atoms with Crippen LogP contribution in [0.15, 0.2) is 42.5 Å². The van der Waals surface area contributed by atoms with E-state index < -0.39 is 6.09 Å². The van der Waals surface area contributed by atoms with Gasteiger partial charge in [-0.3, -0.25) is 0 Å². The number of nitrogens with one attached hydrogen (secondary N) is 1. The summed E-state index contributed by atoms with van der Waals surface area (Å²) in [6.07, 6.45) is -0.269. The van der Waals surface area contributed by atoms with Crippen molar-refractivity contribution in [2.24, 2.45) is 0 Å². The molecule has 0 spiro atoms. The highest BCUT2D eigenvalue weighted by Gasteiger charge is 2.23. The first-order valence-corrected chi connectivity index (χ1v) is 7.78. The number of nitrogens with zero attached hydrogens (tertiary/aromatic N) is 1. The van der Waals surface area contributed by atoms with Crippen LogP contribution in [0.5, 0.6) is 5.75 Å². The largest absolute Gasteiger partial charge is 0.493 e. The molecule has 0 fully saturated rings. The van der Waals surface area contributed by atoms with Crippen molar-refractivity contribution in [1.82, 2.24) is 5.32 Å². The summed E-state index contributed by atoms with van der Waals surface area (Å²) in [4.78, 5) is 12.5. The summed E-state index contributed by atoms with van der Waals surface area (Å²) >= 11 is 0. The first-order chi connectivity index (χ1) is 11.6. The lowest BCUT2D eigenvalue weighted by atomic mass is 9.92. The van der Waals surface area contributed by atoms with Gasteiger partial charge in [0.25, 0.3) is 0 Å². The maximum atomic E-state index is 14.0. The Balaban J connectivity index is 1.86. The van der Waals surface area contributed by atoms with Gasteiger partial charge in [-0.05, 0) is 30.2 Å². The van der Waals surface area contributed by atoms with Crippen LogP contribution in [0.25, 0.3) is 0 Å². The number of hydrogen-bond donors (Lipinski definition) is 2. The number of carbonyl (C=O) groups is 1. The van der Waals surface area contributed by atoms with Gasteiger partial charge < -0.3 is 20.1 Å². The molecule has 0 radical (unpaired) electrons. The zero-order chi connectivity index (χ0) is 17.1. The summed E-state index contributed by atoms with van der Waals surface area (Å²) in [5, 5.41) is 11.2. The number of benzene rings is 2. The molecule has 126 valence electrons. The van der Waals surface area contributed by atoms with Crippen LogP contribution in [0, 0.1) is 5.82 Å². The Morgan fingerprint density at radius 1 is 1.38 bits per heavy atom. The van der Waals surface area contributed by atoms with Crippen molar-refractivity contribution in [3.05, 3.63) is 53.8 Å². The van der Waals surface area contributed by atoms with Gasteiger partial charge in [-0.1, -0.05) is 18.2 Å². The Hall–Kier alpha value is -2.76. The molecule has 5 nitrogen and oxygen atoms in total. The standard InChI is InChI=1S/C18H19FN2O3/c1-21(16-5-3-2-4-15(16)19)13-6-7-14-12(11-20-18(22)23)8-9-24-17(14)10-13/h2-7,10,12,20H,8-9,11H2,1H3,(H,22,23)/t12-/m0/s1. The lowest BCUT2D eigenvalue weighted by Gasteiger charge is -2.28. The quantitative estimate of drug-likeness (QED) is 0.897. The first kappa shape index (κ1) is 16.1. The van der Waals surface area contributed by atoms with Crippen LogP contribution in [0.1, 0.15) is 17.9 Å². The molecule has 24 heavy (non-hydrogen) atoms. The highest BCUT2D eigenvalue weighted by Crippen LogP contribution is 2.37. The smallest absolute Gasteiger partial charge is 0.404 e. The lowest BCUT2D eigenvalue weighted by Crippen LogP contribution is -2.29. The van der Waals surface area contributed by atoms with Gasteiger partial charge >= 0.3 is 6.09 Å². The van der Waals surface area contributed by atoms with E-state index in [0.717, 1.165) is 23.4 Å². The van der Waals surface area contributed by atoms with Crippen LogP contribution >= 0.6 is 0 Å². The predicted molar refractivity (Wildman–Crippen MR) is 89.8 cm³/mol. The van der Waals surface area contributed by atoms with Gasteiger partial charge in [-0.2, -0.15) is 0 Å². The zero-order valence-electron chi connectivity index (χ0n) is 13.3. The van der Waals surface area contributed by atoms with Crippen LogP contribution < -0.4 is 15.0 Å². The molecule has 0 aliphatic carbocycles. The summed E-state index contributed by atoms with van der Waals surface area (Å²) < 4.78 is 19.7. The van der Waals surface area contributed by atoms with Crippen molar-refractivity contribution in [2.75, 3.05) is 25.1 Å². The van der Waals surface area contributed by atoms with Crippen molar-refractivity contribution in [3.63, 3.8) is 0 Å². The third kappa shape index (κ3) is 3.27. The summed E-state index contributed by atoms with van der Waals surface area (Å²) in [5.41, 5.74) is 2.27. The summed E-state index contributed by atoms with van der Waals surface area (Å²) in [7, 11) is 1.80. The molecule has 0 bridgehead atoms. The van der Waals surface area contributed by atoms with Gasteiger partial charge in [0, 0.05) is 31.3 Å². The average Bonchev–Trinajstić information content (AvgIpc) is 2.59. The molecule has 0 aromatic heterocycles. The molecule has 3 rings (SSSR count). The van der Waals surface area contributed by atoms with E-state index in [2.05, 4.69) is 5.32 Å². The normalized spacial score (nSPS) is 16.0. The minimum absolute atomic E-state index is 0.0812. The number of amides is 1. The molecule has 2 aromatic carbocycles. The number of anilines is 2. The predicted octanol–water partition coefficient (Wildman–Crippen LogP) is 3.73. The average molecular weight is 330 g/mol. The van der Waals surface area contributed by atoms with Crippen LogP contribution in [0.2, 0.25) is 0 Å². The third-order valence-electron chi connectivity index (χ3n) is 4.26.